The quantitative estimate of drug-likeness (QED) is 0.453. The van der Waals surface area contributed by atoms with Crippen LogP contribution in [0.2, 0.25) is 0 Å². The first kappa shape index (κ1) is 14.8. The lowest BCUT2D eigenvalue weighted by atomic mass is 10.1. The molecule has 2 aromatic rings. The molecule has 1 aromatic heterocycles. The summed E-state index contributed by atoms with van der Waals surface area (Å²) in [6.07, 6.45) is 12.4. The van der Waals surface area contributed by atoms with Crippen LogP contribution in [-0.4, -0.2) is 10.9 Å². The predicted molar refractivity (Wildman–Crippen MR) is 85.3 cm³/mol. The molecule has 0 spiro atoms. The van der Waals surface area contributed by atoms with Gasteiger partial charge in [0.2, 0.25) is 0 Å². The number of carbonyl (C=O) groups excluding carboxylic acids is 1. The minimum atomic E-state index is 0.792. The average Bonchev–Trinajstić information content (AvgIpc) is 2.89. The van der Waals surface area contributed by atoms with E-state index in [2.05, 4.69) is 29.8 Å². The maximum absolute atomic E-state index is 11.0. The number of aryl methyl sites for hydroxylation is 1. The molecular formula is C18H25NO. The van der Waals surface area contributed by atoms with Gasteiger partial charge in [0, 0.05) is 29.2 Å². The van der Waals surface area contributed by atoms with Gasteiger partial charge in [-0.25, -0.2) is 0 Å². The molecule has 0 saturated heterocycles. The van der Waals surface area contributed by atoms with Crippen LogP contribution in [0.3, 0.4) is 0 Å². The van der Waals surface area contributed by atoms with Gasteiger partial charge in [0.25, 0.3) is 0 Å². The monoisotopic (exact) mass is 271 g/mol. The largest absolute Gasteiger partial charge is 0.347 e. The lowest BCUT2D eigenvalue weighted by Gasteiger charge is -2.06. The van der Waals surface area contributed by atoms with E-state index in [1.165, 1.54) is 50.5 Å². The first-order valence-corrected chi connectivity index (χ1v) is 7.90. The van der Waals surface area contributed by atoms with E-state index in [9.17, 15) is 4.79 Å². The molecule has 0 aliphatic carbocycles. The van der Waals surface area contributed by atoms with Crippen LogP contribution in [0.15, 0.2) is 30.5 Å². The molecule has 0 unspecified atom stereocenters. The number of nitrogens with zero attached hydrogens (tertiary/aromatic N) is 1. The second-order valence-electron chi connectivity index (χ2n) is 5.53. The SMILES string of the molecule is CCCCCCCCCn1ccc2c(C=O)cccc21. The van der Waals surface area contributed by atoms with Crippen molar-refractivity contribution in [2.75, 3.05) is 0 Å². The molecule has 0 radical (unpaired) electrons. The number of unbranched alkanes of at least 4 members (excludes halogenated alkanes) is 6. The number of aromatic nitrogens is 1. The maximum Gasteiger partial charge on any atom is 0.150 e. The van der Waals surface area contributed by atoms with Crippen LogP contribution in [-0.2, 0) is 6.54 Å². The summed E-state index contributed by atoms with van der Waals surface area (Å²) in [7, 11) is 0. The fourth-order valence-corrected chi connectivity index (χ4v) is 2.78. The second-order valence-corrected chi connectivity index (χ2v) is 5.53. The third-order valence-electron chi connectivity index (χ3n) is 3.98. The molecule has 0 atom stereocenters. The van der Waals surface area contributed by atoms with Crippen molar-refractivity contribution in [2.45, 2.75) is 58.4 Å². The van der Waals surface area contributed by atoms with Crippen molar-refractivity contribution < 1.29 is 4.79 Å². The Morgan fingerprint density at radius 1 is 1.00 bits per heavy atom. The Kier molecular flexibility index (Phi) is 5.85. The molecular weight excluding hydrogens is 246 g/mol. The Morgan fingerprint density at radius 2 is 1.75 bits per heavy atom. The Balaban J connectivity index is 1.83. The lowest BCUT2D eigenvalue weighted by molar-refractivity contribution is 0.112. The molecule has 0 N–H and O–H groups in total. The van der Waals surface area contributed by atoms with Crippen molar-refractivity contribution in [1.29, 1.82) is 0 Å². The summed E-state index contributed by atoms with van der Waals surface area (Å²) in [6, 6.07) is 8.00. The number of hydrogen-bond acceptors (Lipinski definition) is 1. The zero-order chi connectivity index (χ0) is 14.2. The van der Waals surface area contributed by atoms with E-state index in [1.807, 2.05) is 12.1 Å². The smallest absolute Gasteiger partial charge is 0.150 e. The molecule has 1 aromatic carbocycles. The summed E-state index contributed by atoms with van der Waals surface area (Å²) in [4.78, 5) is 11.0. The van der Waals surface area contributed by atoms with Gasteiger partial charge < -0.3 is 4.57 Å². The van der Waals surface area contributed by atoms with E-state index < -0.39 is 0 Å². The molecule has 0 fully saturated rings. The van der Waals surface area contributed by atoms with Gasteiger partial charge >= 0.3 is 0 Å². The standard InChI is InChI=1S/C18H25NO/c1-2-3-4-5-6-7-8-13-19-14-12-17-16(15-20)10-9-11-18(17)19/h9-12,14-15H,2-8,13H2,1H3. The van der Waals surface area contributed by atoms with Crippen LogP contribution in [0.1, 0.15) is 62.2 Å². The number of rotatable bonds is 9. The molecule has 108 valence electrons. The summed E-state index contributed by atoms with van der Waals surface area (Å²) < 4.78 is 2.27. The van der Waals surface area contributed by atoms with Gasteiger partial charge in [-0.2, -0.15) is 0 Å². The average molecular weight is 271 g/mol. The van der Waals surface area contributed by atoms with Crippen molar-refractivity contribution in [3.05, 3.63) is 36.0 Å². The van der Waals surface area contributed by atoms with Crippen LogP contribution < -0.4 is 0 Å². The van der Waals surface area contributed by atoms with Crippen molar-refractivity contribution in [1.82, 2.24) is 4.57 Å². The topological polar surface area (TPSA) is 22.0 Å². The van der Waals surface area contributed by atoms with E-state index >= 15 is 0 Å². The molecule has 1 heterocycles. The van der Waals surface area contributed by atoms with Crippen LogP contribution in [0, 0.1) is 0 Å². The first-order valence-electron chi connectivity index (χ1n) is 7.90. The van der Waals surface area contributed by atoms with Crippen molar-refractivity contribution in [3.63, 3.8) is 0 Å². The highest BCUT2D eigenvalue weighted by Crippen LogP contribution is 2.20. The van der Waals surface area contributed by atoms with E-state index in [1.54, 1.807) is 0 Å². The van der Waals surface area contributed by atoms with Gasteiger partial charge in [0.05, 0.1) is 0 Å². The highest BCUT2D eigenvalue weighted by atomic mass is 16.1. The van der Waals surface area contributed by atoms with Crippen molar-refractivity contribution in [3.8, 4) is 0 Å². The fraction of sp³-hybridized carbons (Fsp3) is 0.500. The van der Waals surface area contributed by atoms with Crippen LogP contribution in [0.4, 0.5) is 0 Å². The Morgan fingerprint density at radius 3 is 2.50 bits per heavy atom. The highest BCUT2D eigenvalue weighted by molar-refractivity contribution is 5.97. The van der Waals surface area contributed by atoms with Gasteiger partial charge in [-0.15, -0.1) is 0 Å². The number of fused-ring (bicyclic) bond motifs is 1. The van der Waals surface area contributed by atoms with Gasteiger partial charge in [-0.1, -0.05) is 57.6 Å². The number of aldehydes is 1. The molecule has 0 bridgehead atoms. The number of carbonyl (C=O) groups is 1. The van der Waals surface area contributed by atoms with Crippen molar-refractivity contribution >= 4 is 17.2 Å². The summed E-state index contributed by atoms with van der Waals surface area (Å²) in [5, 5.41) is 1.07. The molecule has 20 heavy (non-hydrogen) atoms. The fourth-order valence-electron chi connectivity index (χ4n) is 2.78. The zero-order valence-electron chi connectivity index (χ0n) is 12.5. The molecule has 0 aliphatic heterocycles. The summed E-state index contributed by atoms with van der Waals surface area (Å²) in [6.45, 7) is 3.31. The van der Waals surface area contributed by atoms with Crippen LogP contribution >= 0.6 is 0 Å². The van der Waals surface area contributed by atoms with E-state index in [0.717, 1.165) is 23.8 Å². The minimum absolute atomic E-state index is 0.792. The molecule has 0 saturated carbocycles. The highest BCUT2D eigenvalue weighted by Gasteiger charge is 2.04. The zero-order valence-corrected chi connectivity index (χ0v) is 12.5. The summed E-state index contributed by atoms with van der Waals surface area (Å²) in [5.41, 5.74) is 1.97. The lowest BCUT2D eigenvalue weighted by Crippen LogP contribution is -1.96. The maximum atomic E-state index is 11.0. The van der Waals surface area contributed by atoms with E-state index in [0.29, 0.717) is 0 Å². The third kappa shape index (κ3) is 3.72. The normalized spacial score (nSPS) is 11.1. The molecule has 0 amide bonds. The van der Waals surface area contributed by atoms with E-state index in [4.69, 9.17) is 0 Å². The van der Waals surface area contributed by atoms with Crippen LogP contribution in [0.25, 0.3) is 10.9 Å². The predicted octanol–water partition coefficient (Wildman–Crippen LogP) is 5.20. The van der Waals surface area contributed by atoms with E-state index in [-0.39, 0.29) is 0 Å². The Labute approximate surface area is 121 Å². The van der Waals surface area contributed by atoms with Crippen LogP contribution in [0.5, 0.6) is 0 Å². The van der Waals surface area contributed by atoms with Gasteiger partial charge in [0.15, 0.2) is 6.29 Å². The Bertz CT molecular complexity index is 541. The molecule has 2 rings (SSSR count). The summed E-state index contributed by atoms with van der Waals surface area (Å²) in [5.74, 6) is 0. The third-order valence-corrected chi connectivity index (χ3v) is 3.98. The number of hydrogen-bond donors (Lipinski definition) is 0. The Hall–Kier alpha value is -1.57. The first-order chi connectivity index (χ1) is 9.86. The second kappa shape index (κ2) is 7.88. The minimum Gasteiger partial charge on any atom is -0.347 e. The van der Waals surface area contributed by atoms with Gasteiger partial charge in [-0.05, 0) is 18.6 Å². The number of benzene rings is 1. The molecule has 2 nitrogen and oxygen atoms in total. The summed E-state index contributed by atoms with van der Waals surface area (Å²) >= 11 is 0. The molecule has 0 aliphatic rings. The van der Waals surface area contributed by atoms with Gasteiger partial charge in [0.1, 0.15) is 0 Å². The van der Waals surface area contributed by atoms with Gasteiger partial charge in [-0.3, -0.25) is 4.79 Å². The molecule has 2 heteroatoms. The van der Waals surface area contributed by atoms with Crippen molar-refractivity contribution in [2.24, 2.45) is 0 Å².